The molecule has 42 heavy (non-hydrogen) atoms. The number of nitrogens with two attached hydrogens (primary N) is 1. The molecule has 3 N–H and O–H groups in total. The Hall–Kier alpha value is -2.77. The number of piperazine rings is 1. The molecule has 0 bridgehead atoms. The number of nitrogen functional groups attached to an aromatic ring is 1. The molecule has 1 spiro atoms. The van der Waals surface area contributed by atoms with Crippen molar-refractivity contribution in [2.45, 2.75) is 81.6 Å². The molecule has 1 aliphatic carbocycles. The summed E-state index contributed by atoms with van der Waals surface area (Å²) in [5.74, 6) is -0.510. The molecular weight excluding hydrogens is 559 g/mol. The highest BCUT2D eigenvalue weighted by molar-refractivity contribution is 5.55. The first-order chi connectivity index (χ1) is 20.0. The zero-order valence-electron chi connectivity index (χ0n) is 23.5. The minimum atomic E-state index is -4.80. The molecule has 5 aliphatic rings. The zero-order chi connectivity index (χ0) is 29.4. The molecule has 7 rings (SSSR count). The van der Waals surface area contributed by atoms with Crippen LogP contribution < -0.4 is 20.7 Å². The molecule has 8 nitrogen and oxygen atoms in total. The maximum absolute atomic E-state index is 15.3. The van der Waals surface area contributed by atoms with Crippen LogP contribution in [-0.4, -0.2) is 71.4 Å². The van der Waals surface area contributed by atoms with Crippen LogP contribution in [0.5, 0.6) is 6.01 Å². The monoisotopic (exact) mass is 594 g/mol. The molecule has 13 heteroatoms. The highest BCUT2D eigenvalue weighted by Gasteiger charge is 2.50. The molecule has 228 valence electrons. The van der Waals surface area contributed by atoms with Gasteiger partial charge >= 0.3 is 12.2 Å². The molecule has 0 radical (unpaired) electrons. The van der Waals surface area contributed by atoms with Gasteiger partial charge in [0, 0.05) is 55.7 Å². The molecule has 1 aromatic heterocycles. The summed E-state index contributed by atoms with van der Waals surface area (Å²) < 4.78 is 84.3. The molecule has 3 atom stereocenters. The summed E-state index contributed by atoms with van der Waals surface area (Å²) in [5.41, 5.74) is 4.30. The SMILES string of the molecule is Cc1cc(N)c(F)c([C@H]2Cc3nc(OC[C@@]45CCCN4C[C@H](F)C5)nc(N4CCNC5(CC5)C4)c3CO2)c1C(F)(F)F. The van der Waals surface area contributed by atoms with E-state index >= 15 is 4.39 Å². The number of hydrogen-bond acceptors (Lipinski definition) is 8. The first-order valence-corrected chi connectivity index (χ1v) is 14.7. The normalized spacial score (nSPS) is 28.7. The van der Waals surface area contributed by atoms with Gasteiger partial charge in [0.05, 0.1) is 35.2 Å². The largest absolute Gasteiger partial charge is 0.461 e. The van der Waals surface area contributed by atoms with Crippen molar-refractivity contribution in [2.75, 3.05) is 50.0 Å². The van der Waals surface area contributed by atoms with Crippen molar-refractivity contribution in [2.24, 2.45) is 0 Å². The molecule has 4 fully saturated rings. The third-order valence-corrected chi connectivity index (χ3v) is 9.75. The lowest BCUT2D eigenvalue weighted by Gasteiger charge is -2.37. The van der Waals surface area contributed by atoms with Gasteiger partial charge in [-0.15, -0.1) is 0 Å². The quantitative estimate of drug-likeness (QED) is 0.393. The molecular formula is C29H35F5N6O2. The van der Waals surface area contributed by atoms with E-state index in [0.717, 1.165) is 51.4 Å². The smallest absolute Gasteiger partial charge is 0.417 e. The Bertz CT molecular complexity index is 1400. The number of aryl methyl sites for hydroxylation is 1. The fourth-order valence-electron chi connectivity index (χ4n) is 7.54. The van der Waals surface area contributed by atoms with Crippen LogP contribution in [0.25, 0.3) is 0 Å². The number of ether oxygens (including phenoxy) is 2. The lowest BCUT2D eigenvalue weighted by Crippen LogP contribution is -2.53. The van der Waals surface area contributed by atoms with Crippen LogP contribution in [0.1, 0.15) is 66.2 Å². The van der Waals surface area contributed by atoms with Gasteiger partial charge in [-0.2, -0.15) is 23.1 Å². The molecule has 0 unspecified atom stereocenters. The van der Waals surface area contributed by atoms with Gasteiger partial charge in [0.2, 0.25) is 0 Å². The number of anilines is 2. The Kier molecular flexibility index (Phi) is 6.59. The number of rotatable bonds is 5. The van der Waals surface area contributed by atoms with Crippen LogP contribution in [0.15, 0.2) is 6.07 Å². The Labute approximate surface area is 240 Å². The number of nitrogens with zero attached hydrogens (tertiary/aromatic N) is 4. The highest BCUT2D eigenvalue weighted by atomic mass is 19.4. The minimum absolute atomic E-state index is 0.0301. The van der Waals surface area contributed by atoms with Crippen molar-refractivity contribution in [1.29, 1.82) is 0 Å². The standard InChI is InChI=1S/C29H35F5N6O2/c1-16-9-19(35)24(31)22(23(16)29(32,33)34)21-10-20-18(13-41-21)25(39-8-6-36-27(14-39)4-5-27)38-26(37-20)42-15-28-3-2-7-40(28)12-17(30)11-28/h9,17,21,36H,2-8,10-15,35H2,1H3/t17-,21-,28+/m1/s1. The Morgan fingerprint density at radius 3 is 2.79 bits per heavy atom. The van der Waals surface area contributed by atoms with Crippen molar-refractivity contribution in [3.8, 4) is 6.01 Å². The molecule has 1 aromatic carbocycles. The van der Waals surface area contributed by atoms with Crippen molar-refractivity contribution < 1.29 is 31.4 Å². The number of halogens is 5. The fraction of sp³-hybridized carbons (Fsp3) is 0.655. The lowest BCUT2D eigenvalue weighted by molar-refractivity contribution is -0.140. The van der Waals surface area contributed by atoms with Crippen molar-refractivity contribution in [3.05, 3.63) is 39.8 Å². The summed E-state index contributed by atoms with van der Waals surface area (Å²) in [6.07, 6.45) is -2.81. The summed E-state index contributed by atoms with van der Waals surface area (Å²) in [4.78, 5) is 13.7. The van der Waals surface area contributed by atoms with E-state index in [0.29, 0.717) is 36.6 Å². The first-order valence-electron chi connectivity index (χ1n) is 14.7. The predicted octanol–water partition coefficient (Wildman–Crippen LogP) is 4.24. The maximum Gasteiger partial charge on any atom is 0.417 e. The molecule has 0 amide bonds. The van der Waals surface area contributed by atoms with Crippen molar-refractivity contribution in [1.82, 2.24) is 20.2 Å². The fourth-order valence-corrected chi connectivity index (χ4v) is 7.54. The Morgan fingerprint density at radius 2 is 2.02 bits per heavy atom. The van der Waals surface area contributed by atoms with E-state index in [9.17, 15) is 17.6 Å². The molecule has 4 aliphatic heterocycles. The average molecular weight is 595 g/mol. The van der Waals surface area contributed by atoms with Gasteiger partial charge in [-0.25, -0.2) is 8.78 Å². The zero-order valence-corrected chi connectivity index (χ0v) is 23.5. The average Bonchev–Trinajstić information content (AvgIpc) is 3.43. The van der Waals surface area contributed by atoms with Gasteiger partial charge in [-0.1, -0.05) is 0 Å². The highest BCUT2D eigenvalue weighted by Crippen LogP contribution is 2.46. The topological polar surface area (TPSA) is 88.8 Å². The lowest BCUT2D eigenvalue weighted by atomic mass is 9.91. The van der Waals surface area contributed by atoms with Crippen LogP contribution in [0, 0.1) is 12.7 Å². The van der Waals surface area contributed by atoms with E-state index in [1.807, 2.05) is 0 Å². The van der Waals surface area contributed by atoms with Gasteiger partial charge in [-0.05, 0) is 50.8 Å². The second-order valence-electron chi connectivity index (χ2n) is 12.6. The van der Waals surface area contributed by atoms with Crippen LogP contribution in [-0.2, 0) is 23.9 Å². The summed E-state index contributed by atoms with van der Waals surface area (Å²) >= 11 is 0. The number of benzene rings is 1. The number of hydrogen-bond donors (Lipinski definition) is 2. The third kappa shape index (κ3) is 4.77. The van der Waals surface area contributed by atoms with Gasteiger partial charge in [0.25, 0.3) is 0 Å². The number of aromatic nitrogens is 2. The van der Waals surface area contributed by atoms with Crippen LogP contribution in [0.3, 0.4) is 0 Å². The van der Waals surface area contributed by atoms with Crippen molar-refractivity contribution >= 4 is 11.5 Å². The van der Waals surface area contributed by atoms with E-state index in [-0.39, 0.29) is 42.4 Å². The third-order valence-electron chi connectivity index (χ3n) is 9.75. The van der Waals surface area contributed by atoms with Gasteiger partial charge in [0.1, 0.15) is 18.6 Å². The maximum atomic E-state index is 15.3. The Balaban J connectivity index is 1.25. The van der Waals surface area contributed by atoms with E-state index in [1.165, 1.54) is 6.92 Å². The van der Waals surface area contributed by atoms with Crippen molar-refractivity contribution in [3.63, 3.8) is 0 Å². The second kappa shape index (κ2) is 9.88. The Morgan fingerprint density at radius 1 is 1.21 bits per heavy atom. The number of alkyl halides is 4. The summed E-state index contributed by atoms with van der Waals surface area (Å²) in [6.45, 7) is 4.76. The number of fused-ring (bicyclic) bond motifs is 2. The van der Waals surface area contributed by atoms with E-state index in [1.54, 1.807) is 0 Å². The molecule has 5 heterocycles. The predicted molar refractivity (Wildman–Crippen MR) is 145 cm³/mol. The summed E-state index contributed by atoms with van der Waals surface area (Å²) in [7, 11) is 0. The van der Waals surface area contributed by atoms with E-state index < -0.39 is 40.9 Å². The minimum Gasteiger partial charge on any atom is -0.461 e. The molecule has 1 saturated carbocycles. The number of nitrogens with one attached hydrogen (secondary N) is 1. The van der Waals surface area contributed by atoms with Gasteiger partial charge in [-0.3, -0.25) is 4.90 Å². The summed E-state index contributed by atoms with van der Waals surface area (Å²) in [5, 5.41) is 3.57. The van der Waals surface area contributed by atoms with Crippen LogP contribution in [0.4, 0.5) is 33.5 Å². The van der Waals surface area contributed by atoms with E-state index in [4.69, 9.17) is 20.2 Å². The molecule has 3 saturated heterocycles. The first kappa shape index (κ1) is 28.0. The van der Waals surface area contributed by atoms with Crippen LogP contribution >= 0.6 is 0 Å². The van der Waals surface area contributed by atoms with Gasteiger partial charge in [0.15, 0.2) is 5.82 Å². The molecule has 2 aromatic rings. The van der Waals surface area contributed by atoms with E-state index in [2.05, 4.69) is 20.1 Å². The second-order valence-corrected chi connectivity index (χ2v) is 12.6. The van der Waals surface area contributed by atoms with Gasteiger partial charge < -0.3 is 25.4 Å². The van der Waals surface area contributed by atoms with Crippen LogP contribution in [0.2, 0.25) is 0 Å². The summed E-state index contributed by atoms with van der Waals surface area (Å²) in [6, 6.07) is 1.09.